The highest BCUT2D eigenvalue weighted by Crippen LogP contribution is 2.23. The molecule has 0 saturated carbocycles. The summed E-state index contributed by atoms with van der Waals surface area (Å²) < 4.78 is 30.3. The van der Waals surface area contributed by atoms with Gasteiger partial charge >= 0.3 is 0 Å². The maximum Gasteiger partial charge on any atom is 0.254 e. The monoisotopic (exact) mass is 349 g/mol. The number of sulfonamides is 1. The van der Waals surface area contributed by atoms with Crippen LogP contribution < -0.4 is 10.6 Å². The van der Waals surface area contributed by atoms with E-state index in [1.165, 1.54) is 0 Å². The number of nitrogens with one attached hydrogen (secondary N) is 1. The number of hydrazine groups is 1. The average molecular weight is 350 g/mol. The summed E-state index contributed by atoms with van der Waals surface area (Å²) in [4.78, 5) is 2.75. The van der Waals surface area contributed by atoms with Crippen molar-refractivity contribution >= 4 is 26.0 Å². The Morgan fingerprint density at radius 3 is 2.68 bits per heavy atom. The van der Waals surface area contributed by atoms with Gasteiger partial charge in [-0.15, -0.1) is 4.83 Å². The minimum Gasteiger partial charge on any atom is -0.379 e. The second kappa shape index (κ2) is 6.29. The Morgan fingerprint density at radius 2 is 2.05 bits per heavy atom. The minimum atomic E-state index is -3.61. The van der Waals surface area contributed by atoms with E-state index >= 15 is 0 Å². The molecule has 1 saturated heterocycles. The third-order valence-electron chi connectivity index (χ3n) is 2.78. The van der Waals surface area contributed by atoms with Crippen LogP contribution >= 0.6 is 15.9 Å². The molecule has 106 valence electrons. The summed E-state index contributed by atoms with van der Waals surface area (Å²) in [5.41, 5.74) is 6.31. The molecule has 0 radical (unpaired) electrons. The van der Waals surface area contributed by atoms with E-state index in [0.717, 1.165) is 5.56 Å². The first kappa shape index (κ1) is 14.9. The average Bonchev–Trinajstić information content (AvgIpc) is 2.39. The maximum absolute atomic E-state index is 12.3. The Morgan fingerprint density at radius 1 is 1.37 bits per heavy atom. The lowest BCUT2D eigenvalue weighted by Crippen LogP contribution is -2.48. The van der Waals surface area contributed by atoms with Gasteiger partial charge in [-0.2, -0.15) is 0 Å². The van der Waals surface area contributed by atoms with Crippen molar-refractivity contribution in [1.29, 1.82) is 0 Å². The smallest absolute Gasteiger partial charge is 0.254 e. The number of hydrogen-bond acceptors (Lipinski definition) is 5. The van der Waals surface area contributed by atoms with Crippen molar-refractivity contribution in [3.8, 4) is 0 Å². The van der Waals surface area contributed by atoms with Gasteiger partial charge < -0.3 is 10.5 Å². The largest absolute Gasteiger partial charge is 0.379 e. The zero-order valence-corrected chi connectivity index (χ0v) is 12.7. The summed E-state index contributed by atoms with van der Waals surface area (Å²) in [5, 5.41) is 1.64. The molecule has 0 unspecified atom stereocenters. The van der Waals surface area contributed by atoms with E-state index in [-0.39, 0.29) is 4.90 Å². The minimum absolute atomic E-state index is 0.196. The van der Waals surface area contributed by atoms with E-state index in [1.807, 2.05) is 0 Å². The lowest BCUT2D eigenvalue weighted by Gasteiger charge is -2.26. The van der Waals surface area contributed by atoms with Crippen LogP contribution in [-0.2, 0) is 21.3 Å². The molecule has 1 aromatic rings. The second-order valence-electron chi connectivity index (χ2n) is 4.16. The fraction of sp³-hybridized carbons (Fsp3) is 0.455. The van der Waals surface area contributed by atoms with E-state index in [2.05, 4.69) is 20.8 Å². The fourth-order valence-electron chi connectivity index (χ4n) is 1.75. The lowest BCUT2D eigenvalue weighted by molar-refractivity contribution is 0.0272. The van der Waals surface area contributed by atoms with Gasteiger partial charge in [0.15, 0.2) is 0 Å². The highest BCUT2D eigenvalue weighted by atomic mass is 79.9. The van der Waals surface area contributed by atoms with Gasteiger partial charge in [0.2, 0.25) is 0 Å². The molecule has 6 nitrogen and oxygen atoms in total. The third-order valence-corrected chi connectivity index (χ3v) is 5.15. The summed E-state index contributed by atoms with van der Waals surface area (Å²) in [6.07, 6.45) is 0. The topological polar surface area (TPSA) is 84.7 Å². The molecule has 2 rings (SSSR count). The Kier molecular flexibility index (Phi) is 4.93. The summed E-state index contributed by atoms with van der Waals surface area (Å²) in [6.45, 7) is 2.41. The first-order valence-electron chi connectivity index (χ1n) is 5.86. The molecule has 1 fully saturated rings. The molecule has 19 heavy (non-hydrogen) atoms. The van der Waals surface area contributed by atoms with E-state index in [1.54, 1.807) is 23.2 Å². The van der Waals surface area contributed by atoms with Gasteiger partial charge in [0.05, 0.1) is 18.1 Å². The lowest BCUT2D eigenvalue weighted by atomic mass is 10.2. The van der Waals surface area contributed by atoms with E-state index in [0.29, 0.717) is 37.3 Å². The third kappa shape index (κ3) is 3.74. The highest BCUT2D eigenvalue weighted by Gasteiger charge is 2.22. The Balaban J connectivity index is 2.23. The Labute approximate surface area is 121 Å². The van der Waals surface area contributed by atoms with Crippen LogP contribution in [0.2, 0.25) is 0 Å². The zero-order chi connectivity index (χ0) is 13.9. The molecule has 1 aromatic carbocycles. The SMILES string of the molecule is NCc1ccc(Br)c(S(=O)(=O)NN2CCOCC2)c1. The number of halogens is 1. The molecule has 1 heterocycles. The van der Waals surface area contributed by atoms with Gasteiger partial charge in [-0.05, 0) is 33.6 Å². The first-order valence-corrected chi connectivity index (χ1v) is 8.14. The van der Waals surface area contributed by atoms with Crippen LogP contribution in [0.1, 0.15) is 5.56 Å². The number of nitrogens with zero attached hydrogens (tertiary/aromatic N) is 1. The molecule has 0 spiro atoms. The number of benzene rings is 1. The van der Waals surface area contributed by atoms with Crippen LogP contribution in [0.15, 0.2) is 27.6 Å². The van der Waals surface area contributed by atoms with Crippen molar-refractivity contribution < 1.29 is 13.2 Å². The fourth-order valence-corrected chi connectivity index (χ4v) is 3.89. The standard InChI is InChI=1S/C11H16BrN3O3S/c12-10-2-1-9(8-13)7-11(10)19(16,17)14-15-3-5-18-6-4-15/h1-2,7,14H,3-6,8,13H2. The van der Waals surface area contributed by atoms with Crippen LogP contribution in [-0.4, -0.2) is 39.7 Å². The zero-order valence-electron chi connectivity index (χ0n) is 10.3. The van der Waals surface area contributed by atoms with Crippen molar-refractivity contribution in [3.05, 3.63) is 28.2 Å². The van der Waals surface area contributed by atoms with Crippen molar-refractivity contribution in [1.82, 2.24) is 9.84 Å². The van der Waals surface area contributed by atoms with Crippen LogP contribution in [0, 0.1) is 0 Å². The van der Waals surface area contributed by atoms with Gasteiger partial charge in [0.25, 0.3) is 10.0 Å². The van der Waals surface area contributed by atoms with Crippen LogP contribution in [0.4, 0.5) is 0 Å². The number of ether oxygens (including phenoxy) is 1. The highest BCUT2D eigenvalue weighted by molar-refractivity contribution is 9.10. The van der Waals surface area contributed by atoms with Crippen molar-refractivity contribution in [2.45, 2.75) is 11.4 Å². The molecule has 3 N–H and O–H groups in total. The van der Waals surface area contributed by atoms with E-state index in [9.17, 15) is 8.42 Å². The van der Waals surface area contributed by atoms with Crippen LogP contribution in [0.3, 0.4) is 0 Å². The predicted octanol–water partition coefficient (Wildman–Crippen LogP) is 0.433. The normalized spacial score (nSPS) is 17.6. The van der Waals surface area contributed by atoms with Crippen molar-refractivity contribution in [2.75, 3.05) is 26.3 Å². The second-order valence-corrected chi connectivity index (χ2v) is 6.65. The molecular formula is C11H16BrN3O3S. The van der Waals surface area contributed by atoms with E-state index < -0.39 is 10.0 Å². The summed E-state index contributed by atoms with van der Waals surface area (Å²) >= 11 is 3.26. The van der Waals surface area contributed by atoms with Gasteiger partial charge in [-0.1, -0.05) is 6.07 Å². The Bertz CT molecular complexity index is 544. The van der Waals surface area contributed by atoms with Crippen molar-refractivity contribution in [3.63, 3.8) is 0 Å². The van der Waals surface area contributed by atoms with Gasteiger partial charge in [-0.25, -0.2) is 13.4 Å². The number of nitrogens with two attached hydrogens (primary N) is 1. The summed E-state index contributed by atoms with van der Waals surface area (Å²) in [7, 11) is -3.61. The molecule has 1 aliphatic rings. The molecule has 8 heteroatoms. The number of rotatable bonds is 4. The molecule has 1 aliphatic heterocycles. The van der Waals surface area contributed by atoms with Gasteiger partial charge in [0, 0.05) is 24.1 Å². The van der Waals surface area contributed by atoms with E-state index in [4.69, 9.17) is 10.5 Å². The summed E-state index contributed by atoms with van der Waals surface area (Å²) in [5.74, 6) is 0. The van der Waals surface area contributed by atoms with Crippen LogP contribution in [0.25, 0.3) is 0 Å². The first-order chi connectivity index (χ1) is 9.03. The van der Waals surface area contributed by atoms with Crippen molar-refractivity contribution in [2.24, 2.45) is 5.73 Å². The number of morpholine rings is 1. The number of hydrogen-bond donors (Lipinski definition) is 2. The van der Waals surface area contributed by atoms with Gasteiger partial charge in [0.1, 0.15) is 0 Å². The van der Waals surface area contributed by atoms with Crippen LogP contribution in [0.5, 0.6) is 0 Å². The molecule has 0 atom stereocenters. The predicted molar refractivity (Wildman–Crippen MR) is 74.7 cm³/mol. The molecule has 0 aliphatic carbocycles. The molecule has 0 bridgehead atoms. The molecular weight excluding hydrogens is 334 g/mol. The Hall–Kier alpha value is -0.510. The van der Waals surface area contributed by atoms with Gasteiger partial charge in [-0.3, -0.25) is 0 Å². The molecule has 0 aromatic heterocycles. The quantitative estimate of drug-likeness (QED) is 0.823. The summed E-state index contributed by atoms with van der Waals surface area (Å²) in [6, 6.07) is 5.06. The molecule has 0 amide bonds. The maximum atomic E-state index is 12.3.